The number of nitrogen functional groups attached to an aromatic ring is 1. The Kier molecular flexibility index (Phi) is 5.86. The predicted octanol–water partition coefficient (Wildman–Crippen LogP) is 0.0747. The molecule has 0 unspecified atom stereocenters. The zero-order valence-electron chi connectivity index (χ0n) is 10.6. The summed E-state index contributed by atoms with van der Waals surface area (Å²) in [4.78, 5) is 21.1. The summed E-state index contributed by atoms with van der Waals surface area (Å²) < 4.78 is 9.91. The van der Waals surface area contributed by atoms with Crippen LogP contribution in [0.1, 0.15) is 6.92 Å². The van der Waals surface area contributed by atoms with E-state index >= 15 is 0 Å². The van der Waals surface area contributed by atoms with Crippen molar-refractivity contribution in [3.63, 3.8) is 0 Å². The third-order valence-corrected chi connectivity index (χ3v) is 2.17. The Labute approximate surface area is 106 Å². The largest absolute Gasteiger partial charge is 0.465 e. The van der Waals surface area contributed by atoms with Crippen LogP contribution in [-0.4, -0.2) is 49.4 Å². The zero-order valence-corrected chi connectivity index (χ0v) is 10.6. The van der Waals surface area contributed by atoms with Crippen LogP contribution in [0, 0.1) is 0 Å². The minimum absolute atomic E-state index is 0.105. The SMILES string of the molecule is CCOC(=O)CN(CCOC)c1ccnc(N)n1. The van der Waals surface area contributed by atoms with Crippen LogP contribution in [0.4, 0.5) is 11.8 Å². The Morgan fingerprint density at radius 2 is 2.33 bits per heavy atom. The van der Waals surface area contributed by atoms with Crippen molar-refractivity contribution in [1.29, 1.82) is 0 Å². The molecule has 18 heavy (non-hydrogen) atoms. The number of ether oxygens (including phenoxy) is 2. The van der Waals surface area contributed by atoms with E-state index in [2.05, 4.69) is 9.97 Å². The minimum Gasteiger partial charge on any atom is -0.465 e. The van der Waals surface area contributed by atoms with Gasteiger partial charge in [-0.25, -0.2) is 4.98 Å². The van der Waals surface area contributed by atoms with Crippen molar-refractivity contribution in [1.82, 2.24) is 9.97 Å². The van der Waals surface area contributed by atoms with Crippen molar-refractivity contribution in [3.05, 3.63) is 12.3 Å². The van der Waals surface area contributed by atoms with Gasteiger partial charge in [-0.2, -0.15) is 4.98 Å². The monoisotopic (exact) mass is 254 g/mol. The first-order chi connectivity index (χ1) is 8.67. The Morgan fingerprint density at radius 3 is 2.94 bits per heavy atom. The molecule has 0 aliphatic carbocycles. The smallest absolute Gasteiger partial charge is 0.325 e. The van der Waals surface area contributed by atoms with Gasteiger partial charge in [0.15, 0.2) is 0 Å². The first-order valence-electron chi connectivity index (χ1n) is 5.65. The normalized spacial score (nSPS) is 10.1. The lowest BCUT2D eigenvalue weighted by atomic mass is 10.4. The molecule has 0 aliphatic heterocycles. The number of carbonyl (C=O) groups is 1. The molecule has 7 heteroatoms. The van der Waals surface area contributed by atoms with Crippen LogP contribution < -0.4 is 10.6 Å². The number of hydrogen-bond acceptors (Lipinski definition) is 7. The molecule has 2 N–H and O–H groups in total. The molecular weight excluding hydrogens is 236 g/mol. The summed E-state index contributed by atoms with van der Waals surface area (Å²) in [6, 6.07) is 1.69. The second-order valence-electron chi connectivity index (χ2n) is 3.49. The second kappa shape index (κ2) is 7.44. The van der Waals surface area contributed by atoms with Gasteiger partial charge in [0.25, 0.3) is 0 Å². The number of aromatic nitrogens is 2. The van der Waals surface area contributed by atoms with Crippen molar-refractivity contribution in [2.75, 3.05) is 44.0 Å². The molecule has 0 bridgehead atoms. The van der Waals surface area contributed by atoms with E-state index in [1.807, 2.05) is 0 Å². The van der Waals surface area contributed by atoms with Gasteiger partial charge in [0, 0.05) is 19.9 Å². The first kappa shape index (κ1) is 14.2. The van der Waals surface area contributed by atoms with Crippen LogP contribution in [0.25, 0.3) is 0 Å². The molecule has 0 fully saturated rings. The molecule has 0 saturated heterocycles. The highest BCUT2D eigenvalue weighted by atomic mass is 16.5. The van der Waals surface area contributed by atoms with E-state index < -0.39 is 0 Å². The number of rotatable bonds is 7. The average Bonchev–Trinajstić information content (AvgIpc) is 2.34. The molecule has 1 aromatic heterocycles. The summed E-state index contributed by atoms with van der Waals surface area (Å²) in [6.07, 6.45) is 1.54. The molecule has 0 atom stereocenters. The maximum Gasteiger partial charge on any atom is 0.325 e. The molecule has 100 valence electrons. The zero-order chi connectivity index (χ0) is 13.4. The summed E-state index contributed by atoms with van der Waals surface area (Å²) >= 11 is 0. The maximum absolute atomic E-state index is 11.5. The molecule has 1 aromatic rings. The molecule has 0 aliphatic rings. The molecule has 0 radical (unpaired) electrons. The molecule has 0 saturated carbocycles. The van der Waals surface area contributed by atoms with Crippen molar-refractivity contribution in [2.24, 2.45) is 0 Å². The van der Waals surface area contributed by atoms with Crippen molar-refractivity contribution >= 4 is 17.7 Å². The maximum atomic E-state index is 11.5. The molecule has 1 heterocycles. The van der Waals surface area contributed by atoms with Gasteiger partial charge >= 0.3 is 5.97 Å². The third-order valence-electron chi connectivity index (χ3n) is 2.17. The lowest BCUT2D eigenvalue weighted by Crippen LogP contribution is -2.34. The van der Waals surface area contributed by atoms with Gasteiger partial charge in [0.1, 0.15) is 12.4 Å². The fraction of sp³-hybridized carbons (Fsp3) is 0.545. The quantitative estimate of drug-likeness (QED) is 0.689. The van der Waals surface area contributed by atoms with Crippen LogP contribution >= 0.6 is 0 Å². The summed E-state index contributed by atoms with van der Waals surface area (Å²) in [5.74, 6) is 0.428. The minimum atomic E-state index is -0.314. The predicted molar refractivity (Wildman–Crippen MR) is 67.2 cm³/mol. The highest BCUT2D eigenvalue weighted by molar-refractivity contribution is 5.75. The number of esters is 1. The Bertz CT molecular complexity index is 386. The molecule has 0 aromatic carbocycles. The lowest BCUT2D eigenvalue weighted by Gasteiger charge is -2.22. The highest BCUT2D eigenvalue weighted by Crippen LogP contribution is 2.10. The van der Waals surface area contributed by atoms with Crippen LogP contribution in [0.5, 0.6) is 0 Å². The molecular formula is C11H18N4O3. The molecule has 7 nitrogen and oxygen atoms in total. The van der Waals surface area contributed by atoms with E-state index in [4.69, 9.17) is 15.2 Å². The van der Waals surface area contributed by atoms with E-state index in [9.17, 15) is 4.79 Å². The van der Waals surface area contributed by atoms with Gasteiger partial charge in [0.2, 0.25) is 5.95 Å². The third kappa shape index (κ3) is 4.54. The van der Waals surface area contributed by atoms with E-state index in [0.29, 0.717) is 25.6 Å². The standard InChI is InChI=1S/C11H18N4O3/c1-3-18-10(16)8-15(6-7-17-2)9-4-5-13-11(12)14-9/h4-5H,3,6-8H2,1-2H3,(H2,12,13,14). The Balaban J connectivity index is 2.74. The van der Waals surface area contributed by atoms with Crippen molar-refractivity contribution < 1.29 is 14.3 Å². The fourth-order valence-electron chi connectivity index (χ4n) is 1.38. The van der Waals surface area contributed by atoms with Crippen LogP contribution in [-0.2, 0) is 14.3 Å². The number of nitrogens with zero attached hydrogens (tertiary/aromatic N) is 3. The number of anilines is 2. The van der Waals surface area contributed by atoms with E-state index in [0.717, 1.165) is 0 Å². The topological polar surface area (TPSA) is 90.6 Å². The fourth-order valence-corrected chi connectivity index (χ4v) is 1.38. The van der Waals surface area contributed by atoms with Gasteiger partial charge < -0.3 is 20.1 Å². The van der Waals surface area contributed by atoms with Gasteiger partial charge in [-0.1, -0.05) is 0 Å². The number of hydrogen-bond donors (Lipinski definition) is 1. The summed E-state index contributed by atoms with van der Waals surface area (Å²) in [5.41, 5.74) is 5.52. The number of nitrogens with two attached hydrogens (primary N) is 1. The van der Waals surface area contributed by atoms with E-state index in [1.54, 1.807) is 31.2 Å². The summed E-state index contributed by atoms with van der Waals surface area (Å²) in [5, 5.41) is 0. The van der Waals surface area contributed by atoms with Gasteiger partial charge in [-0.3, -0.25) is 4.79 Å². The van der Waals surface area contributed by atoms with E-state index in [-0.39, 0.29) is 18.5 Å². The summed E-state index contributed by atoms with van der Waals surface area (Å²) in [6.45, 7) is 3.21. The number of methoxy groups -OCH3 is 1. The molecule has 1 rings (SSSR count). The van der Waals surface area contributed by atoms with E-state index in [1.165, 1.54) is 0 Å². The van der Waals surface area contributed by atoms with Gasteiger partial charge in [0.05, 0.1) is 13.2 Å². The Morgan fingerprint density at radius 1 is 1.56 bits per heavy atom. The van der Waals surface area contributed by atoms with Crippen LogP contribution in [0.2, 0.25) is 0 Å². The van der Waals surface area contributed by atoms with Crippen LogP contribution in [0.15, 0.2) is 12.3 Å². The average molecular weight is 254 g/mol. The van der Waals surface area contributed by atoms with Gasteiger partial charge in [-0.15, -0.1) is 0 Å². The molecule has 0 amide bonds. The first-order valence-corrected chi connectivity index (χ1v) is 5.65. The second-order valence-corrected chi connectivity index (χ2v) is 3.49. The number of carbonyl (C=O) groups excluding carboxylic acids is 1. The van der Waals surface area contributed by atoms with Crippen molar-refractivity contribution in [3.8, 4) is 0 Å². The van der Waals surface area contributed by atoms with Gasteiger partial charge in [-0.05, 0) is 13.0 Å². The molecule has 0 spiro atoms. The highest BCUT2D eigenvalue weighted by Gasteiger charge is 2.13. The van der Waals surface area contributed by atoms with Crippen molar-refractivity contribution in [2.45, 2.75) is 6.92 Å². The summed E-state index contributed by atoms with van der Waals surface area (Å²) in [7, 11) is 1.59. The lowest BCUT2D eigenvalue weighted by molar-refractivity contribution is -0.141. The Hall–Kier alpha value is -1.89. The van der Waals surface area contributed by atoms with Crippen LogP contribution in [0.3, 0.4) is 0 Å².